The van der Waals surface area contributed by atoms with Crippen molar-refractivity contribution in [2.24, 2.45) is 5.73 Å². The number of benzene rings is 2. The number of carbonyl (C=O) groups is 1. The third-order valence-electron chi connectivity index (χ3n) is 4.02. The molecule has 3 heteroatoms. The van der Waals surface area contributed by atoms with Crippen LogP contribution in [0.2, 0.25) is 0 Å². The summed E-state index contributed by atoms with van der Waals surface area (Å²) in [6.07, 6.45) is 0.909. The maximum Gasteiger partial charge on any atom is 0.254 e. The number of nitrogens with zero attached hydrogens (tertiary/aromatic N) is 1. The summed E-state index contributed by atoms with van der Waals surface area (Å²) in [6, 6.07) is 13.8. The molecule has 0 unspecified atom stereocenters. The molecule has 1 amide bonds. The van der Waals surface area contributed by atoms with Crippen molar-refractivity contribution in [3.63, 3.8) is 0 Å². The third-order valence-corrected chi connectivity index (χ3v) is 4.02. The first-order valence-corrected chi connectivity index (χ1v) is 6.69. The molecular formula is C16H18N2O. The first kappa shape index (κ1) is 12.2. The standard InChI is InChI=1S/C16H18N2O/c1-2-16(17)10-18(11-16)15(19)14-9-5-7-12-6-3-4-8-13(12)14/h3-9H,2,10-11,17H2,1H3. The van der Waals surface area contributed by atoms with E-state index in [0.717, 1.165) is 22.8 Å². The Morgan fingerprint density at radius 1 is 1.21 bits per heavy atom. The largest absolute Gasteiger partial charge is 0.335 e. The lowest BCUT2D eigenvalue weighted by Crippen LogP contribution is -2.68. The molecule has 1 saturated heterocycles. The van der Waals surface area contributed by atoms with Gasteiger partial charge in [0.2, 0.25) is 0 Å². The zero-order chi connectivity index (χ0) is 13.5. The van der Waals surface area contributed by atoms with E-state index in [4.69, 9.17) is 5.73 Å². The van der Waals surface area contributed by atoms with E-state index in [1.807, 2.05) is 47.4 Å². The van der Waals surface area contributed by atoms with E-state index < -0.39 is 0 Å². The summed E-state index contributed by atoms with van der Waals surface area (Å²) in [6.45, 7) is 3.39. The van der Waals surface area contributed by atoms with E-state index in [2.05, 4.69) is 6.92 Å². The molecule has 0 bridgehead atoms. The first-order valence-electron chi connectivity index (χ1n) is 6.69. The van der Waals surface area contributed by atoms with E-state index in [1.165, 1.54) is 0 Å². The normalized spacial score (nSPS) is 17.3. The zero-order valence-electron chi connectivity index (χ0n) is 11.1. The van der Waals surface area contributed by atoms with Gasteiger partial charge in [0.1, 0.15) is 0 Å². The predicted octanol–water partition coefficient (Wildman–Crippen LogP) is 2.40. The highest BCUT2D eigenvalue weighted by Gasteiger charge is 2.40. The monoisotopic (exact) mass is 254 g/mol. The highest BCUT2D eigenvalue weighted by atomic mass is 16.2. The minimum atomic E-state index is -0.180. The molecule has 0 saturated carbocycles. The predicted molar refractivity (Wildman–Crippen MR) is 77.1 cm³/mol. The fourth-order valence-electron chi connectivity index (χ4n) is 2.66. The summed E-state index contributed by atoms with van der Waals surface area (Å²) in [7, 11) is 0. The maximum absolute atomic E-state index is 12.5. The van der Waals surface area contributed by atoms with Crippen LogP contribution in [-0.2, 0) is 0 Å². The van der Waals surface area contributed by atoms with Gasteiger partial charge < -0.3 is 10.6 Å². The molecule has 0 atom stereocenters. The Kier molecular flexibility index (Phi) is 2.79. The van der Waals surface area contributed by atoms with Gasteiger partial charge in [0, 0.05) is 18.7 Å². The van der Waals surface area contributed by atoms with Crippen LogP contribution in [0.4, 0.5) is 0 Å². The highest BCUT2D eigenvalue weighted by Crippen LogP contribution is 2.26. The fraction of sp³-hybridized carbons (Fsp3) is 0.312. The van der Waals surface area contributed by atoms with Crippen LogP contribution in [0.5, 0.6) is 0 Å². The molecule has 1 heterocycles. The molecule has 98 valence electrons. The second-order valence-corrected chi connectivity index (χ2v) is 5.40. The highest BCUT2D eigenvalue weighted by molar-refractivity contribution is 6.07. The lowest BCUT2D eigenvalue weighted by atomic mass is 9.87. The summed E-state index contributed by atoms with van der Waals surface area (Å²) in [4.78, 5) is 14.4. The van der Waals surface area contributed by atoms with Crippen LogP contribution in [0, 0.1) is 0 Å². The third kappa shape index (κ3) is 2.00. The number of amides is 1. The topological polar surface area (TPSA) is 46.3 Å². The average molecular weight is 254 g/mol. The van der Waals surface area contributed by atoms with E-state index in [0.29, 0.717) is 13.1 Å². The van der Waals surface area contributed by atoms with Gasteiger partial charge in [0.25, 0.3) is 5.91 Å². The van der Waals surface area contributed by atoms with Gasteiger partial charge in [-0.2, -0.15) is 0 Å². The Morgan fingerprint density at radius 3 is 2.63 bits per heavy atom. The Morgan fingerprint density at radius 2 is 1.89 bits per heavy atom. The second-order valence-electron chi connectivity index (χ2n) is 5.40. The number of rotatable bonds is 2. The van der Waals surface area contributed by atoms with Crippen LogP contribution in [0.25, 0.3) is 10.8 Å². The molecule has 19 heavy (non-hydrogen) atoms. The molecule has 0 radical (unpaired) electrons. The molecule has 1 fully saturated rings. The van der Waals surface area contributed by atoms with E-state index >= 15 is 0 Å². The number of nitrogens with two attached hydrogens (primary N) is 1. The number of fused-ring (bicyclic) bond motifs is 1. The average Bonchev–Trinajstić information content (AvgIpc) is 2.42. The van der Waals surface area contributed by atoms with Crippen molar-refractivity contribution < 1.29 is 4.79 Å². The Bertz CT molecular complexity index is 624. The van der Waals surface area contributed by atoms with Crippen LogP contribution in [0.15, 0.2) is 42.5 Å². The fourth-order valence-corrected chi connectivity index (χ4v) is 2.66. The molecule has 1 aliphatic rings. The molecule has 0 aliphatic carbocycles. The molecule has 0 spiro atoms. The summed E-state index contributed by atoms with van der Waals surface area (Å²) in [5.41, 5.74) is 6.72. The van der Waals surface area contributed by atoms with Gasteiger partial charge >= 0.3 is 0 Å². The van der Waals surface area contributed by atoms with E-state index in [-0.39, 0.29) is 11.4 Å². The molecule has 0 aromatic heterocycles. The van der Waals surface area contributed by atoms with Gasteiger partial charge in [-0.25, -0.2) is 0 Å². The molecule has 3 nitrogen and oxygen atoms in total. The van der Waals surface area contributed by atoms with Crippen LogP contribution in [-0.4, -0.2) is 29.4 Å². The minimum Gasteiger partial charge on any atom is -0.335 e. The second kappa shape index (κ2) is 4.35. The molecule has 3 rings (SSSR count). The van der Waals surface area contributed by atoms with Gasteiger partial charge in [-0.15, -0.1) is 0 Å². The van der Waals surface area contributed by atoms with E-state index in [9.17, 15) is 4.79 Å². The lowest BCUT2D eigenvalue weighted by Gasteiger charge is -2.47. The molecule has 2 aromatic rings. The smallest absolute Gasteiger partial charge is 0.254 e. The van der Waals surface area contributed by atoms with Gasteiger partial charge in [0.05, 0.1) is 5.54 Å². The van der Waals surface area contributed by atoms with Crippen molar-refractivity contribution in [1.82, 2.24) is 4.90 Å². The van der Waals surface area contributed by atoms with Crippen LogP contribution in [0.1, 0.15) is 23.7 Å². The van der Waals surface area contributed by atoms with Crippen molar-refractivity contribution in [2.75, 3.05) is 13.1 Å². The van der Waals surface area contributed by atoms with Crippen molar-refractivity contribution in [3.8, 4) is 0 Å². The maximum atomic E-state index is 12.5. The summed E-state index contributed by atoms with van der Waals surface area (Å²) in [5.74, 6) is 0.0892. The molecule has 2 N–H and O–H groups in total. The lowest BCUT2D eigenvalue weighted by molar-refractivity contribution is 0.0403. The number of hydrogen-bond acceptors (Lipinski definition) is 2. The number of hydrogen-bond donors (Lipinski definition) is 1. The summed E-state index contributed by atoms with van der Waals surface area (Å²) < 4.78 is 0. The molecule has 1 aliphatic heterocycles. The van der Waals surface area contributed by atoms with Crippen molar-refractivity contribution in [1.29, 1.82) is 0 Å². The summed E-state index contributed by atoms with van der Waals surface area (Å²) in [5, 5.41) is 2.12. The van der Waals surface area contributed by atoms with Gasteiger partial charge in [-0.3, -0.25) is 4.79 Å². The van der Waals surface area contributed by atoms with Crippen molar-refractivity contribution in [2.45, 2.75) is 18.9 Å². The Balaban J connectivity index is 1.91. The summed E-state index contributed by atoms with van der Waals surface area (Å²) >= 11 is 0. The quantitative estimate of drug-likeness (QED) is 0.894. The van der Waals surface area contributed by atoms with Gasteiger partial charge in [0.15, 0.2) is 0 Å². The van der Waals surface area contributed by atoms with Crippen LogP contribution >= 0.6 is 0 Å². The zero-order valence-corrected chi connectivity index (χ0v) is 11.1. The van der Waals surface area contributed by atoms with Gasteiger partial charge in [-0.1, -0.05) is 43.3 Å². The van der Waals surface area contributed by atoms with Crippen molar-refractivity contribution >= 4 is 16.7 Å². The Labute approximate surface area is 113 Å². The van der Waals surface area contributed by atoms with Crippen LogP contribution in [0.3, 0.4) is 0 Å². The van der Waals surface area contributed by atoms with E-state index in [1.54, 1.807) is 0 Å². The van der Waals surface area contributed by atoms with Crippen LogP contribution < -0.4 is 5.73 Å². The molecule has 2 aromatic carbocycles. The first-order chi connectivity index (χ1) is 9.13. The SMILES string of the molecule is CCC1(N)CN(C(=O)c2cccc3ccccc23)C1. The number of likely N-dealkylation sites (tertiary alicyclic amines) is 1. The molecular weight excluding hydrogens is 236 g/mol. The van der Waals surface area contributed by atoms with Gasteiger partial charge in [-0.05, 0) is 23.3 Å². The number of carbonyl (C=O) groups excluding carboxylic acids is 1. The van der Waals surface area contributed by atoms with Crippen molar-refractivity contribution in [3.05, 3.63) is 48.0 Å². The minimum absolute atomic E-state index is 0.0892. The Hall–Kier alpha value is -1.87.